The van der Waals surface area contributed by atoms with Gasteiger partial charge in [0.1, 0.15) is 23.2 Å². The molecule has 2 heterocycles. The number of carbonyl (C=O) groups excluding carboxylic acids is 2. The molecule has 0 saturated carbocycles. The smallest absolute Gasteiger partial charge is 0.267 e. The molecule has 2 aromatic rings. The Morgan fingerprint density at radius 2 is 2.19 bits per heavy atom. The van der Waals surface area contributed by atoms with E-state index >= 15 is 0 Å². The quantitative estimate of drug-likeness (QED) is 0.370. The van der Waals surface area contributed by atoms with Gasteiger partial charge in [-0.05, 0) is 30.5 Å². The van der Waals surface area contributed by atoms with Crippen LogP contribution in [-0.4, -0.2) is 27.6 Å². The van der Waals surface area contributed by atoms with Crippen LogP contribution in [0.2, 0.25) is 0 Å². The molecule has 138 valence electrons. The molecule has 0 saturated heterocycles. The summed E-state index contributed by atoms with van der Waals surface area (Å²) < 4.78 is 11.9. The summed E-state index contributed by atoms with van der Waals surface area (Å²) in [5.41, 5.74) is 3.99. The van der Waals surface area contributed by atoms with Crippen molar-refractivity contribution < 1.29 is 19.1 Å². The lowest BCUT2D eigenvalue weighted by Crippen LogP contribution is -2.23. The standard InChI is InChI=1S/C19H21IN2O4/c1-3-21-19(24)15-7-17(18(22-15)16(23)8-20)26-11(2)13-6-4-5-12-9-25-10-14(12)13/h4-7,11,22H,3,8-10H2,1-2H3,(H,21,24). The second-order valence-electron chi connectivity index (χ2n) is 6.08. The van der Waals surface area contributed by atoms with Gasteiger partial charge in [0, 0.05) is 12.6 Å². The van der Waals surface area contributed by atoms with Crippen LogP contribution in [0.1, 0.15) is 57.6 Å². The third-order valence-corrected chi connectivity index (χ3v) is 5.01. The van der Waals surface area contributed by atoms with Gasteiger partial charge in [-0.1, -0.05) is 40.8 Å². The summed E-state index contributed by atoms with van der Waals surface area (Å²) in [5, 5.41) is 2.72. The molecule has 2 N–H and O–H groups in total. The number of rotatable bonds is 7. The number of nitrogens with one attached hydrogen (secondary N) is 2. The number of fused-ring (bicyclic) bond motifs is 1. The number of H-pyrrole nitrogens is 1. The van der Waals surface area contributed by atoms with Gasteiger partial charge in [-0.2, -0.15) is 0 Å². The maximum absolute atomic E-state index is 12.3. The van der Waals surface area contributed by atoms with Crippen molar-refractivity contribution in [3.05, 3.63) is 52.3 Å². The molecule has 0 aliphatic carbocycles. The first-order valence-electron chi connectivity index (χ1n) is 8.50. The fraction of sp³-hybridized carbons (Fsp3) is 0.368. The summed E-state index contributed by atoms with van der Waals surface area (Å²) in [6, 6.07) is 7.64. The Balaban J connectivity index is 1.90. The van der Waals surface area contributed by atoms with Crippen LogP contribution < -0.4 is 10.1 Å². The van der Waals surface area contributed by atoms with Crippen molar-refractivity contribution in [2.75, 3.05) is 11.0 Å². The van der Waals surface area contributed by atoms with E-state index in [1.165, 1.54) is 5.56 Å². The average molecular weight is 468 g/mol. The molecule has 1 unspecified atom stereocenters. The molecule has 1 aliphatic heterocycles. The molecule has 1 aromatic heterocycles. The molecule has 26 heavy (non-hydrogen) atoms. The number of ketones is 1. The lowest BCUT2D eigenvalue weighted by atomic mass is 10.00. The van der Waals surface area contributed by atoms with Crippen molar-refractivity contribution in [2.24, 2.45) is 0 Å². The van der Waals surface area contributed by atoms with Gasteiger partial charge in [0.05, 0.1) is 17.6 Å². The topological polar surface area (TPSA) is 80.4 Å². The molecule has 1 atom stereocenters. The van der Waals surface area contributed by atoms with E-state index in [0.717, 1.165) is 11.1 Å². The second kappa shape index (κ2) is 8.22. The monoisotopic (exact) mass is 468 g/mol. The Morgan fingerprint density at radius 3 is 2.92 bits per heavy atom. The fourth-order valence-corrected chi connectivity index (χ4v) is 3.43. The van der Waals surface area contributed by atoms with E-state index in [-0.39, 0.29) is 17.8 Å². The van der Waals surface area contributed by atoms with Crippen LogP contribution in [0.15, 0.2) is 24.3 Å². The van der Waals surface area contributed by atoms with Crippen LogP contribution in [0.3, 0.4) is 0 Å². The zero-order valence-electron chi connectivity index (χ0n) is 14.7. The van der Waals surface area contributed by atoms with Crippen LogP contribution in [0.25, 0.3) is 0 Å². The van der Waals surface area contributed by atoms with E-state index in [1.54, 1.807) is 6.07 Å². The molecule has 3 rings (SSSR count). The van der Waals surface area contributed by atoms with Gasteiger partial charge in [0.2, 0.25) is 0 Å². The van der Waals surface area contributed by atoms with Gasteiger partial charge in [-0.15, -0.1) is 0 Å². The summed E-state index contributed by atoms with van der Waals surface area (Å²) in [7, 11) is 0. The van der Waals surface area contributed by atoms with E-state index < -0.39 is 0 Å². The van der Waals surface area contributed by atoms with Crippen molar-refractivity contribution in [1.82, 2.24) is 10.3 Å². The zero-order valence-corrected chi connectivity index (χ0v) is 16.9. The van der Waals surface area contributed by atoms with Gasteiger partial charge in [0.25, 0.3) is 5.91 Å². The maximum Gasteiger partial charge on any atom is 0.267 e. The molecule has 0 fully saturated rings. The lowest BCUT2D eigenvalue weighted by Gasteiger charge is -2.17. The number of ether oxygens (including phenoxy) is 2. The van der Waals surface area contributed by atoms with E-state index in [4.69, 9.17) is 9.47 Å². The van der Waals surface area contributed by atoms with Crippen LogP contribution in [0, 0.1) is 0 Å². The third kappa shape index (κ3) is 3.78. The van der Waals surface area contributed by atoms with Crippen LogP contribution in [-0.2, 0) is 18.0 Å². The van der Waals surface area contributed by atoms with E-state index in [0.29, 0.717) is 41.3 Å². The molecule has 7 heteroatoms. The van der Waals surface area contributed by atoms with Gasteiger partial charge < -0.3 is 19.8 Å². The normalized spacial score (nSPS) is 14.0. The molecule has 1 aliphatic rings. The third-order valence-electron chi connectivity index (χ3n) is 4.32. The lowest BCUT2D eigenvalue weighted by molar-refractivity contribution is 0.0951. The summed E-state index contributed by atoms with van der Waals surface area (Å²) in [5.74, 6) is 0.0356. The Bertz CT molecular complexity index is 831. The average Bonchev–Trinajstić information content (AvgIpc) is 3.27. The van der Waals surface area contributed by atoms with Crippen LogP contribution >= 0.6 is 22.6 Å². The first-order chi connectivity index (χ1) is 12.5. The number of hydrogen-bond acceptors (Lipinski definition) is 4. The predicted octanol–water partition coefficient (Wildman–Crippen LogP) is 3.55. The van der Waals surface area contributed by atoms with Crippen molar-refractivity contribution in [3.8, 4) is 5.75 Å². The highest BCUT2D eigenvalue weighted by Gasteiger charge is 2.24. The number of hydrogen-bond donors (Lipinski definition) is 2. The van der Waals surface area contributed by atoms with Crippen molar-refractivity contribution in [1.29, 1.82) is 0 Å². The summed E-state index contributed by atoms with van der Waals surface area (Å²) >= 11 is 2.00. The number of benzene rings is 1. The Labute approximate surface area is 165 Å². The molecule has 1 aromatic carbocycles. The first-order valence-corrected chi connectivity index (χ1v) is 10.0. The van der Waals surface area contributed by atoms with E-state index in [1.807, 2.05) is 54.6 Å². The van der Waals surface area contributed by atoms with Gasteiger partial charge in [0.15, 0.2) is 5.78 Å². The Hall–Kier alpha value is -1.87. The predicted molar refractivity (Wildman–Crippen MR) is 106 cm³/mol. The highest BCUT2D eigenvalue weighted by Crippen LogP contribution is 2.32. The van der Waals surface area contributed by atoms with Crippen molar-refractivity contribution >= 4 is 34.3 Å². The minimum absolute atomic E-state index is 0.107. The van der Waals surface area contributed by atoms with Crippen molar-refractivity contribution in [3.63, 3.8) is 0 Å². The largest absolute Gasteiger partial charge is 0.484 e. The zero-order chi connectivity index (χ0) is 18.7. The molecule has 0 bridgehead atoms. The number of halogens is 1. The first kappa shape index (κ1) is 18.9. The van der Waals surface area contributed by atoms with Gasteiger partial charge >= 0.3 is 0 Å². The minimum Gasteiger partial charge on any atom is -0.484 e. The molecular weight excluding hydrogens is 447 g/mol. The number of Topliss-reactive ketones (excluding diaryl/α,β-unsaturated/α-hetero) is 1. The molecule has 0 radical (unpaired) electrons. The maximum atomic E-state index is 12.3. The van der Waals surface area contributed by atoms with Gasteiger partial charge in [-0.25, -0.2) is 0 Å². The Kier molecular flexibility index (Phi) is 5.98. The fourth-order valence-electron chi connectivity index (χ4n) is 3.04. The van der Waals surface area contributed by atoms with Gasteiger partial charge in [-0.3, -0.25) is 9.59 Å². The number of aromatic nitrogens is 1. The van der Waals surface area contributed by atoms with E-state index in [2.05, 4.69) is 10.3 Å². The number of amides is 1. The summed E-state index contributed by atoms with van der Waals surface area (Å²) in [4.78, 5) is 27.3. The highest BCUT2D eigenvalue weighted by molar-refractivity contribution is 14.1. The minimum atomic E-state index is -0.273. The number of alkyl halides is 1. The molecule has 0 spiro atoms. The molecule has 1 amide bonds. The number of aromatic amines is 1. The number of carbonyl (C=O) groups is 2. The highest BCUT2D eigenvalue weighted by atomic mass is 127. The van der Waals surface area contributed by atoms with Crippen molar-refractivity contribution in [2.45, 2.75) is 33.2 Å². The second-order valence-corrected chi connectivity index (χ2v) is 6.84. The Morgan fingerprint density at radius 1 is 1.38 bits per heavy atom. The van der Waals surface area contributed by atoms with Crippen LogP contribution in [0.5, 0.6) is 5.75 Å². The van der Waals surface area contributed by atoms with Crippen LogP contribution in [0.4, 0.5) is 0 Å². The van der Waals surface area contributed by atoms with E-state index in [9.17, 15) is 9.59 Å². The molecule has 6 nitrogen and oxygen atoms in total. The summed E-state index contributed by atoms with van der Waals surface area (Å²) in [6.07, 6.45) is -0.273. The summed E-state index contributed by atoms with van der Waals surface area (Å²) in [6.45, 7) is 5.46. The molecular formula is C19H21IN2O4. The SMILES string of the molecule is CCNC(=O)c1cc(OC(C)c2cccc3c2COC3)c(C(=O)CI)[nH]1.